The lowest BCUT2D eigenvalue weighted by molar-refractivity contribution is -0.111. The number of hydrogen-bond donors (Lipinski definition) is 0. The van der Waals surface area contributed by atoms with Crippen molar-refractivity contribution in [3.63, 3.8) is 0 Å². The van der Waals surface area contributed by atoms with Gasteiger partial charge in [-0.3, -0.25) is 0 Å². The minimum Gasteiger partial charge on any atom is -0.492 e. The van der Waals surface area contributed by atoms with Gasteiger partial charge in [0.2, 0.25) is 0 Å². The van der Waals surface area contributed by atoms with Crippen molar-refractivity contribution < 1.29 is 28.5 Å². The molecule has 0 aromatic heterocycles. The van der Waals surface area contributed by atoms with Crippen LogP contribution in [0.1, 0.15) is 24.0 Å². The van der Waals surface area contributed by atoms with Gasteiger partial charge in [0.25, 0.3) is 0 Å². The van der Waals surface area contributed by atoms with Gasteiger partial charge >= 0.3 is 0 Å². The number of aldehydes is 1. The van der Waals surface area contributed by atoms with Gasteiger partial charge < -0.3 is 28.5 Å². The van der Waals surface area contributed by atoms with Crippen molar-refractivity contribution in [3.05, 3.63) is 53.6 Å². The average molecular weight is 372 g/mol. The summed E-state index contributed by atoms with van der Waals surface area (Å²) in [6.07, 6.45) is 0.992. The Morgan fingerprint density at radius 2 is 1.67 bits per heavy atom. The Morgan fingerprint density at radius 1 is 1.04 bits per heavy atom. The number of benzene rings is 2. The van der Waals surface area contributed by atoms with Crippen molar-refractivity contribution >= 4 is 6.29 Å². The number of methoxy groups -OCH3 is 2. The summed E-state index contributed by atoms with van der Waals surface area (Å²) in [4.78, 5) is 12.0. The van der Waals surface area contributed by atoms with Crippen LogP contribution in [0.2, 0.25) is 0 Å². The highest BCUT2D eigenvalue weighted by Crippen LogP contribution is 2.46. The van der Waals surface area contributed by atoms with E-state index < -0.39 is 5.41 Å². The summed E-state index contributed by atoms with van der Waals surface area (Å²) in [6, 6.07) is 13.2. The smallest absolute Gasteiger partial charge is 0.188 e. The zero-order valence-corrected chi connectivity index (χ0v) is 15.8. The first-order chi connectivity index (χ1) is 13.1. The lowest BCUT2D eigenvalue weighted by atomic mass is 9.68. The Balaban J connectivity index is 1.87. The molecule has 6 heteroatoms. The zero-order chi connectivity index (χ0) is 19.3. The van der Waals surface area contributed by atoms with Crippen molar-refractivity contribution in [2.45, 2.75) is 18.3 Å². The predicted octanol–water partition coefficient (Wildman–Crippen LogP) is 3.28. The summed E-state index contributed by atoms with van der Waals surface area (Å²) in [5, 5.41) is 0. The van der Waals surface area contributed by atoms with E-state index in [1.54, 1.807) is 20.3 Å². The molecule has 2 unspecified atom stereocenters. The normalized spacial score (nSPS) is 21.1. The largest absolute Gasteiger partial charge is 0.492 e. The van der Waals surface area contributed by atoms with Crippen LogP contribution in [0.5, 0.6) is 17.2 Å². The van der Waals surface area contributed by atoms with E-state index in [4.69, 9.17) is 23.7 Å². The summed E-state index contributed by atoms with van der Waals surface area (Å²) in [5.74, 6) is 1.69. The summed E-state index contributed by atoms with van der Waals surface area (Å²) >= 11 is 0. The van der Waals surface area contributed by atoms with E-state index in [-0.39, 0.29) is 19.5 Å². The fourth-order valence-electron chi connectivity index (χ4n) is 3.32. The minimum atomic E-state index is -0.483. The van der Waals surface area contributed by atoms with Crippen molar-refractivity contribution in [1.29, 1.82) is 0 Å². The molecule has 2 aromatic rings. The molecule has 0 saturated carbocycles. The summed E-state index contributed by atoms with van der Waals surface area (Å²) in [6.45, 7) is 2.77. The van der Waals surface area contributed by atoms with Gasteiger partial charge in [-0.05, 0) is 23.8 Å². The molecule has 144 valence electrons. The SMILES string of the molecule is COCOc1ccc(C2(C)COc3cc(OCOC)ccc3C2C=O)cc1. The molecule has 0 radical (unpaired) electrons. The molecule has 0 fully saturated rings. The number of carbonyl (C=O) groups excluding carboxylic acids is 1. The van der Waals surface area contributed by atoms with E-state index in [1.807, 2.05) is 43.3 Å². The van der Waals surface area contributed by atoms with Gasteiger partial charge in [0.15, 0.2) is 13.6 Å². The monoisotopic (exact) mass is 372 g/mol. The summed E-state index contributed by atoms with van der Waals surface area (Å²) in [5.41, 5.74) is 1.38. The second-order valence-corrected chi connectivity index (χ2v) is 6.65. The summed E-state index contributed by atoms with van der Waals surface area (Å²) < 4.78 is 26.7. The van der Waals surface area contributed by atoms with E-state index in [9.17, 15) is 4.79 Å². The topological polar surface area (TPSA) is 63.2 Å². The fraction of sp³-hybridized carbons (Fsp3) is 0.381. The molecular weight excluding hydrogens is 348 g/mol. The number of carbonyl (C=O) groups is 1. The van der Waals surface area contributed by atoms with Crippen LogP contribution in [0.3, 0.4) is 0 Å². The molecular formula is C21H24O6. The van der Waals surface area contributed by atoms with Gasteiger partial charge in [-0.2, -0.15) is 0 Å². The molecule has 1 aliphatic heterocycles. The van der Waals surface area contributed by atoms with Gasteiger partial charge in [0.05, 0.1) is 12.5 Å². The fourth-order valence-corrected chi connectivity index (χ4v) is 3.32. The van der Waals surface area contributed by atoms with Gasteiger partial charge in [-0.1, -0.05) is 25.1 Å². The molecule has 0 aliphatic carbocycles. The van der Waals surface area contributed by atoms with E-state index in [0.29, 0.717) is 23.9 Å². The third-order valence-corrected chi connectivity index (χ3v) is 4.87. The molecule has 0 spiro atoms. The lowest BCUT2D eigenvalue weighted by Gasteiger charge is -2.40. The number of rotatable bonds is 8. The Labute approximate surface area is 158 Å². The number of hydrogen-bond acceptors (Lipinski definition) is 6. The maximum absolute atomic E-state index is 12.0. The molecule has 2 aromatic carbocycles. The molecule has 3 rings (SSSR count). The molecule has 0 amide bonds. The van der Waals surface area contributed by atoms with Crippen LogP contribution in [0.15, 0.2) is 42.5 Å². The van der Waals surface area contributed by atoms with Crippen LogP contribution in [0, 0.1) is 0 Å². The number of fused-ring (bicyclic) bond motifs is 1. The Bertz CT molecular complexity index is 773. The van der Waals surface area contributed by atoms with E-state index in [1.165, 1.54) is 0 Å². The van der Waals surface area contributed by atoms with Crippen LogP contribution in [-0.4, -0.2) is 40.7 Å². The van der Waals surface area contributed by atoms with Crippen molar-refractivity contribution in [1.82, 2.24) is 0 Å². The quantitative estimate of drug-likeness (QED) is 0.523. The second-order valence-electron chi connectivity index (χ2n) is 6.65. The summed E-state index contributed by atoms with van der Waals surface area (Å²) in [7, 11) is 3.14. The highest BCUT2D eigenvalue weighted by molar-refractivity contribution is 5.70. The van der Waals surface area contributed by atoms with Crippen molar-refractivity contribution in [3.8, 4) is 17.2 Å². The van der Waals surface area contributed by atoms with Crippen LogP contribution in [0.4, 0.5) is 0 Å². The first-order valence-electron chi connectivity index (χ1n) is 8.68. The molecule has 6 nitrogen and oxygen atoms in total. The van der Waals surface area contributed by atoms with Gasteiger partial charge in [0, 0.05) is 31.3 Å². The van der Waals surface area contributed by atoms with Gasteiger partial charge in [0.1, 0.15) is 23.5 Å². The van der Waals surface area contributed by atoms with E-state index >= 15 is 0 Å². The van der Waals surface area contributed by atoms with Gasteiger partial charge in [-0.15, -0.1) is 0 Å². The molecule has 0 bridgehead atoms. The third kappa shape index (κ3) is 3.91. The lowest BCUT2D eigenvalue weighted by Crippen LogP contribution is -2.41. The van der Waals surface area contributed by atoms with Crippen LogP contribution < -0.4 is 14.2 Å². The first-order valence-corrected chi connectivity index (χ1v) is 8.68. The first kappa shape index (κ1) is 19.2. The third-order valence-electron chi connectivity index (χ3n) is 4.87. The molecule has 1 heterocycles. The van der Waals surface area contributed by atoms with E-state index in [0.717, 1.165) is 17.4 Å². The van der Waals surface area contributed by atoms with Crippen LogP contribution in [0.25, 0.3) is 0 Å². The highest BCUT2D eigenvalue weighted by Gasteiger charge is 2.42. The van der Waals surface area contributed by atoms with Gasteiger partial charge in [-0.25, -0.2) is 0 Å². The zero-order valence-electron chi connectivity index (χ0n) is 15.8. The van der Waals surface area contributed by atoms with Crippen LogP contribution >= 0.6 is 0 Å². The Hall–Kier alpha value is -2.57. The van der Waals surface area contributed by atoms with Crippen molar-refractivity contribution in [2.75, 3.05) is 34.4 Å². The van der Waals surface area contributed by atoms with Crippen LogP contribution in [-0.2, 0) is 19.7 Å². The number of ether oxygens (including phenoxy) is 5. The minimum absolute atomic E-state index is 0.158. The molecule has 0 saturated heterocycles. The maximum Gasteiger partial charge on any atom is 0.188 e. The van der Waals surface area contributed by atoms with E-state index in [2.05, 4.69) is 0 Å². The standard InChI is InChI=1S/C21H24O6/c1-21(15-4-6-16(7-5-15)26-13-23-2)12-25-20-10-17(27-14-24-3)8-9-18(20)19(21)11-22/h4-11,19H,12-14H2,1-3H3. The molecule has 0 N–H and O–H groups in total. The molecule has 1 aliphatic rings. The Kier molecular flexibility index (Phi) is 5.98. The predicted molar refractivity (Wildman–Crippen MR) is 99.5 cm³/mol. The second kappa shape index (κ2) is 8.41. The molecule has 2 atom stereocenters. The Morgan fingerprint density at radius 3 is 2.30 bits per heavy atom. The highest BCUT2D eigenvalue weighted by atomic mass is 16.7. The van der Waals surface area contributed by atoms with Crippen molar-refractivity contribution in [2.24, 2.45) is 0 Å². The molecule has 27 heavy (non-hydrogen) atoms. The average Bonchev–Trinajstić information content (AvgIpc) is 2.71. The maximum atomic E-state index is 12.0.